The van der Waals surface area contributed by atoms with Gasteiger partial charge >= 0.3 is 12.2 Å². The normalized spacial score (nSPS) is 11.2. The van der Waals surface area contributed by atoms with Gasteiger partial charge in [-0.05, 0) is 24.3 Å². The van der Waals surface area contributed by atoms with Crippen molar-refractivity contribution in [1.82, 2.24) is 9.97 Å². The minimum atomic E-state index is -4.57. The summed E-state index contributed by atoms with van der Waals surface area (Å²) in [7, 11) is 4.29. The van der Waals surface area contributed by atoms with Crippen LogP contribution in [0.5, 0.6) is 11.8 Å². The molecule has 0 spiro atoms. The molecular formula is C14H14F3N3O2. The van der Waals surface area contributed by atoms with Crippen molar-refractivity contribution < 1.29 is 22.6 Å². The molecule has 2 rings (SSSR count). The lowest BCUT2D eigenvalue weighted by Gasteiger charge is -2.22. The molecule has 0 saturated carbocycles. The number of nitrogens with zero attached hydrogens (tertiary/aromatic N) is 3. The van der Waals surface area contributed by atoms with Gasteiger partial charge in [0.25, 0.3) is 0 Å². The summed E-state index contributed by atoms with van der Waals surface area (Å²) in [4.78, 5) is 8.66. The molecule has 22 heavy (non-hydrogen) atoms. The number of halogens is 3. The molecule has 5 nitrogen and oxygen atoms in total. The Balaban J connectivity index is 2.48. The van der Waals surface area contributed by atoms with Crippen LogP contribution < -0.4 is 14.4 Å². The van der Waals surface area contributed by atoms with Crippen LogP contribution in [0.15, 0.2) is 30.5 Å². The number of rotatable bonds is 4. The van der Waals surface area contributed by atoms with Crippen LogP contribution in [0.4, 0.5) is 24.7 Å². The SMILES string of the molecule is COc1ccc(N(C)c2nc(OC)ncc2C(F)(F)F)cc1. The van der Waals surface area contributed by atoms with Crippen LogP contribution in [0, 0.1) is 0 Å². The molecule has 0 saturated heterocycles. The molecule has 8 heteroatoms. The Labute approximate surface area is 125 Å². The molecule has 0 bridgehead atoms. The highest BCUT2D eigenvalue weighted by Crippen LogP contribution is 2.37. The monoisotopic (exact) mass is 313 g/mol. The van der Waals surface area contributed by atoms with Gasteiger partial charge in [-0.2, -0.15) is 18.2 Å². The van der Waals surface area contributed by atoms with Gasteiger partial charge in [0.1, 0.15) is 11.3 Å². The number of ether oxygens (including phenoxy) is 2. The maximum atomic E-state index is 13.1. The molecule has 1 aromatic carbocycles. The van der Waals surface area contributed by atoms with E-state index in [1.807, 2.05) is 0 Å². The summed E-state index contributed by atoms with van der Waals surface area (Å²) in [5.41, 5.74) is -0.418. The van der Waals surface area contributed by atoms with Crippen molar-refractivity contribution in [2.24, 2.45) is 0 Å². The number of aromatic nitrogens is 2. The molecule has 0 N–H and O–H groups in total. The Morgan fingerprint density at radius 1 is 1.05 bits per heavy atom. The first-order chi connectivity index (χ1) is 10.4. The second kappa shape index (κ2) is 6.08. The molecule has 2 aromatic rings. The molecule has 0 amide bonds. The van der Waals surface area contributed by atoms with Crippen molar-refractivity contribution in [3.63, 3.8) is 0 Å². The molecule has 0 fully saturated rings. The Bertz CT molecular complexity index is 645. The van der Waals surface area contributed by atoms with E-state index < -0.39 is 11.7 Å². The van der Waals surface area contributed by atoms with E-state index in [-0.39, 0.29) is 11.8 Å². The largest absolute Gasteiger partial charge is 0.497 e. The van der Waals surface area contributed by atoms with Crippen LogP contribution >= 0.6 is 0 Å². The predicted octanol–water partition coefficient (Wildman–Crippen LogP) is 3.28. The summed E-state index contributed by atoms with van der Waals surface area (Å²) >= 11 is 0. The quantitative estimate of drug-likeness (QED) is 0.867. The number of hydrogen-bond acceptors (Lipinski definition) is 5. The zero-order chi connectivity index (χ0) is 16.3. The minimum absolute atomic E-state index is 0.136. The molecule has 0 aliphatic heterocycles. The van der Waals surface area contributed by atoms with Gasteiger partial charge in [0, 0.05) is 18.9 Å². The van der Waals surface area contributed by atoms with Gasteiger partial charge in [-0.25, -0.2) is 4.98 Å². The summed E-state index contributed by atoms with van der Waals surface area (Å²) in [6, 6.07) is 6.43. The second-order valence-corrected chi connectivity index (χ2v) is 4.35. The third kappa shape index (κ3) is 3.21. The smallest absolute Gasteiger partial charge is 0.421 e. The van der Waals surface area contributed by atoms with Crippen LogP contribution in [0.1, 0.15) is 5.56 Å². The fourth-order valence-corrected chi connectivity index (χ4v) is 1.84. The van der Waals surface area contributed by atoms with Crippen LogP contribution in [0.25, 0.3) is 0 Å². The highest BCUT2D eigenvalue weighted by Gasteiger charge is 2.36. The van der Waals surface area contributed by atoms with Crippen LogP contribution in [-0.4, -0.2) is 31.2 Å². The summed E-state index contributed by atoms with van der Waals surface area (Å²) in [5.74, 6) is 0.318. The van der Waals surface area contributed by atoms with E-state index in [4.69, 9.17) is 9.47 Å². The standard InChI is InChI=1S/C14H14F3N3O2/c1-20(9-4-6-10(21-2)7-5-9)12-11(14(15,16)17)8-18-13(19-12)22-3/h4-8H,1-3H3. The van der Waals surface area contributed by atoms with Gasteiger partial charge in [0.2, 0.25) is 0 Å². The summed E-state index contributed by atoms with van der Waals surface area (Å²) in [6.07, 6.45) is -3.86. The average molecular weight is 313 g/mol. The highest BCUT2D eigenvalue weighted by atomic mass is 19.4. The molecule has 118 valence electrons. The number of alkyl halides is 3. The van der Waals surface area contributed by atoms with Crippen molar-refractivity contribution in [3.8, 4) is 11.8 Å². The number of methoxy groups -OCH3 is 2. The van der Waals surface area contributed by atoms with Gasteiger partial charge in [-0.3, -0.25) is 0 Å². The Morgan fingerprint density at radius 3 is 2.18 bits per heavy atom. The second-order valence-electron chi connectivity index (χ2n) is 4.35. The van der Waals surface area contributed by atoms with Gasteiger partial charge < -0.3 is 14.4 Å². The Morgan fingerprint density at radius 2 is 1.68 bits per heavy atom. The first kappa shape index (κ1) is 15.9. The number of anilines is 2. The van der Waals surface area contributed by atoms with Crippen molar-refractivity contribution in [2.45, 2.75) is 6.18 Å². The zero-order valence-electron chi connectivity index (χ0n) is 12.2. The molecule has 0 radical (unpaired) electrons. The van der Waals surface area contributed by atoms with E-state index in [0.717, 1.165) is 0 Å². The molecule has 1 aromatic heterocycles. The fraction of sp³-hybridized carbons (Fsp3) is 0.286. The van der Waals surface area contributed by atoms with Gasteiger partial charge in [-0.1, -0.05) is 0 Å². The molecule has 0 unspecified atom stereocenters. The van der Waals surface area contributed by atoms with E-state index in [1.54, 1.807) is 24.3 Å². The summed E-state index contributed by atoms with van der Waals surface area (Å²) in [6.45, 7) is 0. The topological polar surface area (TPSA) is 47.5 Å². The Kier molecular flexibility index (Phi) is 4.39. The molecule has 0 aliphatic rings. The third-order valence-electron chi connectivity index (χ3n) is 3.01. The van der Waals surface area contributed by atoms with Crippen molar-refractivity contribution in [1.29, 1.82) is 0 Å². The van der Waals surface area contributed by atoms with Crippen LogP contribution in [0.2, 0.25) is 0 Å². The zero-order valence-corrected chi connectivity index (χ0v) is 12.2. The average Bonchev–Trinajstić information content (AvgIpc) is 2.52. The van der Waals surface area contributed by atoms with E-state index in [0.29, 0.717) is 17.6 Å². The lowest BCUT2D eigenvalue weighted by Crippen LogP contribution is -2.19. The van der Waals surface area contributed by atoms with E-state index in [2.05, 4.69) is 9.97 Å². The number of benzene rings is 1. The van der Waals surface area contributed by atoms with Gasteiger partial charge in [-0.15, -0.1) is 0 Å². The van der Waals surface area contributed by atoms with Crippen molar-refractivity contribution in [2.75, 3.05) is 26.2 Å². The van der Waals surface area contributed by atoms with Gasteiger partial charge in [0.05, 0.1) is 14.2 Å². The first-order valence-electron chi connectivity index (χ1n) is 6.23. The van der Waals surface area contributed by atoms with Crippen LogP contribution in [0.3, 0.4) is 0 Å². The van der Waals surface area contributed by atoms with Crippen molar-refractivity contribution in [3.05, 3.63) is 36.0 Å². The fourth-order valence-electron chi connectivity index (χ4n) is 1.84. The van der Waals surface area contributed by atoms with Crippen LogP contribution in [-0.2, 0) is 6.18 Å². The number of hydrogen-bond donors (Lipinski definition) is 0. The maximum absolute atomic E-state index is 13.1. The van der Waals surface area contributed by atoms with E-state index in [9.17, 15) is 13.2 Å². The molecule has 1 heterocycles. The minimum Gasteiger partial charge on any atom is -0.497 e. The van der Waals surface area contributed by atoms with Crippen molar-refractivity contribution >= 4 is 11.5 Å². The molecule has 0 aliphatic carbocycles. The van der Waals surface area contributed by atoms with E-state index >= 15 is 0 Å². The summed E-state index contributed by atoms with van der Waals surface area (Å²) in [5, 5.41) is 0. The third-order valence-corrected chi connectivity index (χ3v) is 3.01. The lowest BCUT2D eigenvalue weighted by atomic mass is 10.2. The van der Waals surface area contributed by atoms with E-state index in [1.165, 1.54) is 26.2 Å². The highest BCUT2D eigenvalue weighted by molar-refractivity contribution is 5.63. The lowest BCUT2D eigenvalue weighted by molar-refractivity contribution is -0.137. The summed E-state index contributed by atoms with van der Waals surface area (Å²) < 4.78 is 49.2. The molecular weight excluding hydrogens is 299 g/mol. The van der Waals surface area contributed by atoms with Gasteiger partial charge in [0.15, 0.2) is 5.82 Å². The predicted molar refractivity (Wildman–Crippen MR) is 74.6 cm³/mol. The Hall–Kier alpha value is -2.51. The molecule has 0 atom stereocenters. The maximum Gasteiger partial charge on any atom is 0.421 e. The first-order valence-corrected chi connectivity index (χ1v) is 6.23.